The fraction of sp³-hybridized carbons (Fsp3) is 0.387. The van der Waals surface area contributed by atoms with E-state index in [-0.39, 0.29) is 42.2 Å². The van der Waals surface area contributed by atoms with Gasteiger partial charge in [0.05, 0.1) is 24.4 Å². The summed E-state index contributed by atoms with van der Waals surface area (Å²) in [5.74, 6) is 0.247. The van der Waals surface area contributed by atoms with Crippen molar-refractivity contribution in [3.63, 3.8) is 0 Å². The lowest BCUT2D eigenvalue weighted by molar-refractivity contribution is -0.138. The molecule has 2 aromatic carbocycles. The zero-order chi connectivity index (χ0) is 27.8. The summed E-state index contributed by atoms with van der Waals surface area (Å²) < 4.78 is 16.5. The Morgan fingerprint density at radius 3 is 2.21 bits per heavy atom. The summed E-state index contributed by atoms with van der Waals surface area (Å²) in [5.41, 5.74) is 2.32. The molecule has 8 heteroatoms. The van der Waals surface area contributed by atoms with Crippen LogP contribution < -0.4 is 19.7 Å². The van der Waals surface area contributed by atoms with Crippen molar-refractivity contribution in [2.45, 2.75) is 58.9 Å². The van der Waals surface area contributed by atoms with E-state index in [9.17, 15) is 14.4 Å². The third-order valence-electron chi connectivity index (χ3n) is 6.82. The summed E-state index contributed by atoms with van der Waals surface area (Å²) in [6.07, 6.45) is 7.24. The van der Waals surface area contributed by atoms with E-state index in [0.29, 0.717) is 35.1 Å². The van der Waals surface area contributed by atoms with E-state index in [0.717, 1.165) is 25.7 Å². The maximum atomic E-state index is 13.6. The molecule has 39 heavy (non-hydrogen) atoms. The van der Waals surface area contributed by atoms with E-state index < -0.39 is 5.97 Å². The molecular weight excluding hydrogens is 496 g/mol. The zero-order valence-corrected chi connectivity index (χ0v) is 22.8. The molecule has 0 radical (unpaired) electrons. The molecule has 0 atom stereocenters. The van der Waals surface area contributed by atoms with Gasteiger partial charge in [0.1, 0.15) is 11.5 Å². The van der Waals surface area contributed by atoms with Gasteiger partial charge in [0.2, 0.25) is 0 Å². The number of nitrogens with one attached hydrogen (secondary N) is 1. The molecule has 1 heterocycles. The summed E-state index contributed by atoms with van der Waals surface area (Å²) in [7, 11) is 0. The van der Waals surface area contributed by atoms with Gasteiger partial charge in [-0.2, -0.15) is 0 Å². The van der Waals surface area contributed by atoms with Crippen LogP contribution in [-0.2, 0) is 19.1 Å². The second kappa shape index (κ2) is 13.1. The average Bonchev–Trinajstić information content (AvgIpc) is 3.18. The number of carbonyl (C=O) groups excluding carboxylic acids is 3. The van der Waals surface area contributed by atoms with Crippen LogP contribution in [0.3, 0.4) is 0 Å². The van der Waals surface area contributed by atoms with Gasteiger partial charge in [-0.05, 0) is 81.7 Å². The van der Waals surface area contributed by atoms with Gasteiger partial charge >= 0.3 is 5.97 Å². The minimum absolute atomic E-state index is 0.0542. The molecule has 1 saturated carbocycles. The fourth-order valence-electron chi connectivity index (χ4n) is 4.94. The normalized spacial score (nSPS) is 16.9. The Morgan fingerprint density at radius 1 is 0.923 bits per heavy atom. The Labute approximate surface area is 229 Å². The van der Waals surface area contributed by atoms with Gasteiger partial charge in [-0.15, -0.1) is 0 Å². The molecule has 1 aliphatic heterocycles. The minimum atomic E-state index is -0.549. The molecule has 206 valence electrons. The number of esters is 1. The van der Waals surface area contributed by atoms with E-state index in [2.05, 4.69) is 5.32 Å². The van der Waals surface area contributed by atoms with Gasteiger partial charge in [-0.1, -0.05) is 31.4 Å². The van der Waals surface area contributed by atoms with Crippen LogP contribution in [-0.4, -0.2) is 43.6 Å². The van der Waals surface area contributed by atoms with E-state index in [4.69, 9.17) is 14.2 Å². The lowest BCUT2D eigenvalue weighted by Gasteiger charge is -2.22. The Bertz CT molecular complexity index is 1240. The van der Waals surface area contributed by atoms with Gasteiger partial charge in [0, 0.05) is 17.4 Å². The Balaban J connectivity index is 1.49. The summed E-state index contributed by atoms with van der Waals surface area (Å²) >= 11 is 0. The zero-order valence-electron chi connectivity index (χ0n) is 22.8. The number of hydrogen-bond acceptors (Lipinski definition) is 6. The Kier molecular flexibility index (Phi) is 9.41. The number of nitrogens with zero attached hydrogens (tertiary/aromatic N) is 1. The van der Waals surface area contributed by atoms with Crippen molar-refractivity contribution in [2.24, 2.45) is 0 Å². The highest BCUT2D eigenvalue weighted by atomic mass is 16.5. The number of carbonyl (C=O) groups is 3. The maximum absolute atomic E-state index is 13.6. The van der Waals surface area contributed by atoms with Crippen molar-refractivity contribution in [1.82, 2.24) is 5.32 Å². The molecule has 1 aliphatic carbocycles. The number of rotatable bonds is 10. The number of allylic oxidation sites excluding steroid dienone is 1. The lowest BCUT2D eigenvalue weighted by Crippen LogP contribution is -2.38. The molecule has 2 aliphatic rings. The molecule has 0 aromatic heterocycles. The first-order valence-corrected chi connectivity index (χ1v) is 13.6. The van der Waals surface area contributed by atoms with E-state index >= 15 is 0 Å². The second-order valence-corrected chi connectivity index (χ2v) is 9.57. The number of hydrogen-bond donors (Lipinski definition) is 1. The molecule has 1 N–H and O–H groups in total. The molecule has 0 bridgehead atoms. The number of amides is 2. The van der Waals surface area contributed by atoms with Crippen molar-refractivity contribution in [3.05, 3.63) is 70.9 Å². The largest absolute Gasteiger partial charge is 0.494 e. The van der Waals surface area contributed by atoms with Crippen LogP contribution >= 0.6 is 0 Å². The van der Waals surface area contributed by atoms with E-state index in [1.807, 2.05) is 6.92 Å². The third-order valence-corrected chi connectivity index (χ3v) is 6.82. The van der Waals surface area contributed by atoms with Crippen molar-refractivity contribution in [3.8, 4) is 11.5 Å². The van der Waals surface area contributed by atoms with Gasteiger partial charge in [-0.25, -0.2) is 4.79 Å². The lowest BCUT2D eigenvalue weighted by atomic mass is 9.95. The Morgan fingerprint density at radius 2 is 1.56 bits per heavy atom. The van der Waals surface area contributed by atoms with Gasteiger partial charge in [0.25, 0.3) is 11.8 Å². The average molecular weight is 533 g/mol. The van der Waals surface area contributed by atoms with Gasteiger partial charge < -0.3 is 19.5 Å². The molecule has 1 fully saturated rings. The highest BCUT2D eigenvalue weighted by molar-refractivity contribution is 6.23. The van der Waals surface area contributed by atoms with Crippen LogP contribution in [0, 0.1) is 0 Å². The van der Waals surface area contributed by atoms with Gasteiger partial charge in [-0.3, -0.25) is 14.5 Å². The SMILES string of the molecule is CCOC(=O)C1=C(C)N(c2ccc(OCC)cc2)C(=O)/C1=C\c1ccc(OCC(=O)NC2CCCCC2)cc1. The van der Waals surface area contributed by atoms with E-state index in [1.54, 1.807) is 68.5 Å². The van der Waals surface area contributed by atoms with Crippen molar-refractivity contribution in [2.75, 3.05) is 24.7 Å². The molecular formula is C31H36N2O6. The molecule has 2 aromatic rings. The van der Waals surface area contributed by atoms with Crippen molar-refractivity contribution in [1.29, 1.82) is 0 Å². The summed E-state index contributed by atoms with van der Waals surface area (Å²) in [6.45, 7) is 6.05. The predicted molar refractivity (Wildman–Crippen MR) is 149 cm³/mol. The molecule has 0 saturated heterocycles. The molecule has 8 nitrogen and oxygen atoms in total. The first-order chi connectivity index (χ1) is 18.9. The van der Waals surface area contributed by atoms with Crippen LogP contribution in [0.15, 0.2) is 65.4 Å². The third kappa shape index (κ3) is 6.88. The second-order valence-electron chi connectivity index (χ2n) is 9.57. The van der Waals surface area contributed by atoms with Crippen LogP contribution in [0.4, 0.5) is 5.69 Å². The van der Waals surface area contributed by atoms with Crippen molar-refractivity contribution >= 4 is 29.5 Å². The van der Waals surface area contributed by atoms with Gasteiger partial charge in [0.15, 0.2) is 6.61 Å². The van der Waals surface area contributed by atoms with Crippen LogP contribution in [0.2, 0.25) is 0 Å². The van der Waals surface area contributed by atoms with Crippen molar-refractivity contribution < 1.29 is 28.6 Å². The smallest absolute Gasteiger partial charge is 0.340 e. The first-order valence-electron chi connectivity index (χ1n) is 13.6. The maximum Gasteiger partial charge on any atom is 0.340 e. The highest BCUT2D eigenvalue weighted by Gasteiger charge is 2.38. The molecule has 0 spiro atoms. The molecule has 2 amide bonds. The van der Waals surface area contributed by atoms with E-state index in [1.165, 1.54) is 11.3 Å². The summed E-state index contributed by atoms with van der Waals surface area (Å²) in [4.78, 5) is 40.2. The number of ether oxygens (including phenoxy) is 3. The quantitative estimate of drug-likeness (QED) is 0.335. The molecule has 0 unspecified atom stereocenters. The first kappa shape index (κ1) is 28.0. The van der Waals surface area contributed by atoms with Crippen LogP contribution in [0.25, 0.3) is 6.08 Å². The summed E-state index contributed by atoms with van der Waals surface area (Å²) in [5, 5.41) is 3.04. The summed E-state index contributed by atoms with van der Waals surface area (Å²) in [6, 6.07) is 14.4. The molecule has 4 rings (SSSR count). The fourth-order valence-corrected chi connectivity index (χ4v) is 4.94. The number of benzene rings is 2. The van der Waals surface area contributed by atoms with Crippen LogP contribution in [0.5, 0.6) is 11.5 Å². The standard InChI is InChI=1S/C31H36N2O6/c1-4-37-25-17-13-24(14-18-25)33-21(3)29(31(36)38-5-2)27(30(33)35)19-22-11-15-26(16-12-22)39-20-28(34)32-23-9-7-6-8-10-23/h11-19,23H,4-10,20H2,1-3H3,(H,32,34)/b27-19-. The minimum Gasteiger partial charge on any atom is -0.494 e. The highest BCUT2D eigenvalue weighted by Crippen LogP contribution is 2.36. The topological polar surface area (TPSA) is 94.2 Å². The van der Waals surface area contributed by atoms with Crippen LogP contribution in [0.1, 0.15) is 58.4 Å². The number of anilines is 1. The Hall–Kier alpha value is -4.07. The monoisotopic (exact) mass is 532 g/mol. The predicted octanol–water partition coefficient (Wildman–Crippen LogP) is 5.18.